The highest BCUT2D eigenvalue weighted by Crippen LogP contribution is 2.15. The molecule has 2 rings (SSSR count). The summed E-state index contributed by atoms with van der Waals surface area (Å²) in [5.74, 6) is 0.599. The molecule has 0 radical (unpaired) electrons. The number of aryl methyl sites for hydroxylation is 1. The molecule has 1 heterocycles. The second kappa shape index (κ2) is 6.68. The van der Waals surface area contributed by atoms with E-state index in [1.54, 1.807) is 0 Å². The normalized spacial score (nSPS) is 20.2. The molecule has 3 N–H and O–H groups in total. The third-order valence-corrected chi connectivity index (χ3v) is 3.64. The van der Waals surface area contributed by atoms with E-state index in [1.165, 1.54) is 12.0 Å². The summed E-state index contributed by atoms with van der Waals surface area (Å²) in [5.41, 5.74) is 7.76. The van der Waals surface area contributed by atoms with Gasteiger partial charge >= 0.3 is 0 Å². The molecular formula is C15H23N3O. The minimum absolute atomic E-state index is 0.0570. The fourth-order valence-corrected chi connectivity index (χ4v) is 2.53. The number of nitrogens with zero attached hydrogens (tertiary/aromatic N) is 1. The Hall–Kier alpha value is -1.39. The maximum absolute atomic E-state index is 12.0. The van der Waals surface area contributed by atoms with Gasteiger partial charge in [0.2, 0.25) is 5.91 Å². The number of carbonyl (C=O) groups is 1. The Kier molecular flexibility index (Phi) is 4.93. The third kappa shape index (κ3) is 4.33. The highest BCUT2D eigenvalue weighted by molar-refractivity contribution is 5.92. The van der Waals surface area contributed by atoms with Crippen molar-refractivity contribution in [1.29, 1.82) is 0 Å². The summed E-state index contributed by atoms with van der Waals surface area (Å²) in [7, 11) is 0. The van der Waals surface area contributed by atoms with Crippen molar-refractivity contribution in [3.63, 3.8) is 0 Å². The molecule has 1 amide bonds. The van der Waals surface area contributed by atoms with E-state index in [4.69, 9.17) is 5.73 Å². The topological polar surface area (TPSA) is 58.4 Å². The smallest absolute Gasteiger partial charge is 0.238 e. The van der Waals surface area contributed by atoms with E-state index in [0.29, 0.717) is 12.5 Å². The molecule has 0 spiro atoms. The summed E-state index contributed by atoms with van der Waals surface area (Å²) >= 11 is 0. The van der Waals surface area contributed by atoms with E-state index in [1.807, 2.05) is 31.2 Å². The Morgan fingerprint density at radius 3 is 2.84 bits per heavy atom. The number of nitrogens with one attached hydrogen (secondary N) is 1. The lowest BCUT2D eigenvalue weighted by Gasteiger charge is -2.31. The summed E-state index contributed by atoms with van der Waals surface area (Å²) in [5, 5.41) is 2.94. The van der Waals surface area contributed by atoms with Gasteiger partial charge in [-0.1, -0.05) is 17.7 Å². The van der Waals surface area contributed by atoms with Crippen molar-refractivity contribution in [3.05, 3.63) is 29.8 Å². The van der Waals surface area contributed by atoms with Crippen LogP contribution in [0.1, 0.15) is 18.4 Å². The Labute approximate surface area is 115 Å². The monoisotopic (exact) mass is 261 g/mol. The first kappa shape index (κ1) is 14.0. The molecule has 4 nitrogen and oxygen atoms in total. The highest BCUT2D eigenvalue weighted by atomic mass is 16.2. The molecular weight excluding hydrogens is 238 g/mol. The summed E-state index contributed by atoms with van der Waals surface area (Å²) in [6.07, 6.45) is 2.33. The molecule has 4 heteroatoms. The van der Waals surface area contributed by atoms with Crippen molar-refractivity contribution in [2.45, 2.75) is 19.8 Å². The second-order valence-electron chi connectivity index (χ2n) is 5.39. The molecule has 1 unspecified atom stereocenters. The van der Waals surface area contributed by atoms with Crippen LogP contribution in [0.3, 0.4) is 0 Å². The molecule has 0 aliphatic carbocycles. The van der Waals surface area contributed by atoms with Crippen molar-refractivity contribution >= 4 is 11.6 Å². The van der Waals surface area contributed by atoms with E-state index in [9.17, 15) is 4.79 Å². The number of rotatable bonds is 4. The lowest BCUT2D eigenvalue weighted by Crippen LogP contribution is -2.42. The third-order valence-electron chi connectivity index (χ3n) is 3.64. The lowest BCUT2D eigenvalue weighted by molar-refractivity contribution is -0.117. The van der Waals surface area contributed by atoms with Crippen LogP contribution < -0.4 is 11.1 Å². The van der Waals surface area contributed by atoms with Gasteiger partial charge in [-0.3, -0.25) is 9.69 Å². The molecule has 0 aromatic heterocycles. The van der Waals surface area contributed by atoms with Crippen molar-refractivity contribution < 1.29 is 4.79 Å². The van der Waals surface area contributed by atoms with Crippen molar-refractivity contribution in [2.75, 3.05) is 31.5 Å². The van der Waals surface area contributed by atoms with Crippen LogP contribution in [0.2, 0.25) is 0 Å². The average Bonchev–Trinajstić information content (AvgIpc) is 2.41. The van der Waals surface area contributed by atoms with Crippen LogP contribution >= 0.6 is 0 Å². The zero-order valence-electron chi connectivity index (χ0n) is 11.6. The van der Waals surface area contributed by atoms with Crippen LogP contribution in [0, 0.1) is 12.8 Å². The SMILES string of the molecule is Cc1ccc(NC(=O)CN2CCCC(CN)C2)cc1. The largest absolute Gasteiger partial charge is 0.330 e. The van der Waals surface area contributed by atoms with Crippen molar-refractivity contribution in [1.82, 2.24) is 4.90 Å². The van der Waals surface area contributed by atoms with Gasteiger partial charge in [0.05, 0.1) is 6.54 Å². The van der Waals surface area contributed by atoms with E-state index in [0.717, 1.165) is 31.7 Å². The van der Waals surface area contributed by atoms with Crippen LogP contribution in [0.5, 0.6) is 0 Å². The van der Waals surface area contributed by atoms with E-state index >= 15 is 0 Å². The molecule has 1 fully saturated rings. The second-order valence-corrected chi connectivity index (χ2v) is 5.39. The van der Waals surface area contributed by atoms with Gasteiger partial charge < -0.3 is 11.1 Å². The molecule has 1 atom stereocenters. The Bertz CT molecular complexity index is 416. The van der Waals surface area contributed by atoms with Crippen LogP contribution in [0.25, 0.3) is 0 Å². The zero-order chi connectivity index (χ0) is 13.7. The number of amides is 1. The number of hydrogen-bond donors (Lipinski definition) is 2. The Balaban J connectivity index is 1.82. The fraction of sp³-hybridized carbons (Fsp3) is 0.533. The Morgan fingerprint density at radius 1 is 1.42 bits per heavy atom. The number of piperidine rings is 1. The maximum atomic E-state index is 12.0. The molecule has 1 saturated heterocycles. The summed E-state index contributed by atoms with van der Waals surface area (Å²) < 4.78 is 0. The maximum Gasteiger partial charge on any atom is 0.238 e. The Morgan fingerprint density at radius 2 is 2.16 bits per heavy atom. The van der Waals surface area contributed by atoms with E-state index in [-0.39, 0.29) is 5.91 Å². The van der Waals surface area contributed by atoms with Crippen molar-refractivity contribution in [2.24, 2.45) is 11.7 Å². The van der Waals surface area contributed by atoms with E-state index in [2.05, 4.69) is 10.2 Å². The van der Waals surface area contributed by atoms with Gasteiger partial charge in [-0.25, -0.2) is 0 Å². The zero-order valence-corrected chi connectivity index (χ0v) is 11.6. The molecule has 0 bridgehead atoms. The number of carbonyl (C=O) groups excluding carboxylic acids is 1. The van der Waals surface area contributed by atoms with Crippen LogP contribution in [0.4, 0.5) is 5.69 Å². The van der Waals surface area contributed by atoms with Gasteiger partial charge in [0.15, 0.2) is 0 Å². The summed E-state index contributed by atoms with van der Waals surface area (Å²) in [6, 6.07) is 7.88. The molecule has 1 aliphatic heterocycles. The molecule has 1 aromatic rings. The predicted molar refractivity (Wildman–Crippen MR) is 78.0 cm³/mol. The number of benzene rings is 1. The highest BCUT2D eigenvalue weighted by Gasteiger charge is 2.20. The molecule has 19 heavy (non-hydrogen) atoms. The number of anilines is 1. The minimum Gasteiger partial charge on any atom is -0.330 e. The first-order valence-corrected chi connectivity index (χ1v) is 6.96. The van der Waals surface area contributed by atoms with Crippen LogP contribution in [-0.2, 0) is 4.79 Å². The first-order chi connectivity index (χ1) is 9.17. The van der Waals surface area contributed by atoms with E-state index < -0.39 is 0 Å². The van der Waals surface area contributed by atoms with Gasteiger partial charge in [0, 0.05) is 12.2 Å². The average molecular weight is 261 g/mol. The standard InChI is InChI=1S/C15H23N3O/c1-12-4-6-14(7-5-12)17-15(19)11-18-8-2-3-13(9-16)10-18/h4-7,13H,2-3,8-11,16H2,1H3,(H,17,19). The summed E-state index contributed by atoms with van der Waals surface area (Å²) in [4.78, 5) is 14.2. The number of nitrogens with two attached hydrogens (primary N) is 1. The van der Waals surface area contributed by atoms with Crippen molar-refractivity contribution in [3.8, 4) is 0 Å². The minimum atomic E-state index is 0.0570. The van der Waals surface area contributed by atoms with Crippen LogP contribution in [0.15, 0.2) is 24.3 Å². The van der Waals surface area contributed by atoms with Crippen LogP contribution in [-0.4, -0.2) is 37.0 Å². The number of hydrogen-bond acceptors (Lipinski definition) is 3. The van der Waals surface area contributed by atoms with Gasteiger partial charge in [0.1, 0.15) is 0 Å². The van der Waals surface area contributed by atoms with Gasteiger partial charge in [-0.05, 0) is 50.9 Å². The number of likely N-dealkylation sites (tertiary alicyclic amines) is 1. The molecule has 104 valence electrons. The van der Waals surface area contributed by atoms with Gasteiger partial charge in [0.25, 0.3) is 0 Å². The predicted octanol–water partition coefficient (Wildman–Crippen LogP) is 1.60. The molecule has 1 aliphatic rings. The van der Waals surface area contributed by atoms with Gasteiger partial charge in [-0.15, -0.1) is 0 Å². The lowest BCUT2D eigenvalue weighted by atomic mass is 9.98. The molecule has 1 aromatic carbocycles. The quantitative estimate of drug-likeness (QED) is 0.865. The molecule has 0 saturated carbocycles. The fourth-order valence-electron chi connectivity index (χ4n) is 2.53. The summed E-state index contributed by atoms with van der Waals surface area (Å²) in [6.45, 7) is 5.16. The van der Waals surface area contributed by atoms with Gasteiger partial charge in [-0.2, -0.15) is 0 Å². The first-order valence-electron chi connectivity index (χ1n) is 6.96.